The van der Waals surface area contributed by atoms with Crippen LogP contribution in [-0.2, 0) is 15.1 Å². The standard InChI is InChI=1S/C18H16O3/c1-21-17(19)16-10-13-11-6-2-4-8-14(11)18(16,20)15-9-5-3-7-12(13)15/h2-9,13,16,20H,10H2,1H3/t13?,16-,18?/m0/s1. The molecule has 21 heavy (non-hydrogen) atoms. The fourth-order valence-corrected chi connectivity index (χ4v) is 4.05. The lowest BCUT2D eigenvalue weighted by Crippen LogP contribution is -2.50. The van der Waals surface area contributed by atoms with Gasteiger partial charge in [-0.15, -0.1) is 0 Å². The van der Waals surface area contributed by atoms with Gasteiger partial charge >= 0.3 is 5.97 Å². The number of rotatable bonds is 1. The molecule has 2 aromatic rings. The molecule has 0 radical (unpaired) electrons. The Kier molecular flexibility index (Phi) is 2.51. The fourth-order valence-electron chi connectivity index (χ4n) is 4.05. The van der Waals surface area contributed by atoms with Crippen LogP contribution in [0.4, 0.5) is 0 Å². The maximum absolute atomic E-state index is 12.2. The first-order valence-corrected chi connectivity index (χ1v) is 7.17. The Labute approximate surface area is 123 Å². The van der Waals surface area contributed by atoms with Gasteiger partial charge in [0.15, 0.2) is 0 Å². The van der Waals surface area contributed by atoms with E-state index in [2.05, 4.69) is 12.1 Å². The highest BCUT2D eigenvalue weighted by Gasteiger charge is 2.56. The molecule has 106 valence electrons. The number of ether oxygens (including phenoxy) is 1. The van der Waals surface area contributed by atoms with Crippen molar-refractivity contribution in [2.75, 3.05) is 7.11 Å². The summed E-state index contributed by atoms with van der Waals surface area (Å²) < 4.78 is 4.94. The Morgan fingerprint density at radius 1 is 1.10 bits per heavy atom. The summed E-state index contributed by atoms with van der Waals surface area (Å²) in [6, 6.07) is 15.7. The number of hydrogen-bond acceptors (Lipinski definition) is 3. The second-order valence-corrected chi connectivity index (χ2v) is 5.80. The molecule has 0 saturated heterocycles. The molecular formula is C18H16O3. The van der Waals surface area contributed by atoms with E-state index in [0.717, 1.165) is 22.3 Å². The molecule has 0 unspecified atom stereocenters. The molecule has 0 aliphatic heterocycles. The maximum Gasteiger partial charge on any atom is 0.312 e. The SMILES string of the molecule is COC(=O)[C@@H]1CC2c3ccccc3C1(O)c1ccccc12. The normalized spacial score (nSPS) is 28.7. The van der Waals surface area contributed by atoms with Gasteiger partial charge in [-0.3, -0.25) is 4.79 Å². The average Bonchev–Trinajstić information content (AvgIpc) is 2.55. The summed E-state index contributed by atoms with van der Waals surface area (Å²) in [7, 11) is 1.38. The van der Waals surface area contributed by atoms with E-state index in [1.54, 1.807) is 0 Å². The van der Waals surface area contributed by atoms with E-state index < -0.39 is 11.5 Å². The van der Waals surface area contributed by atoms with E-state index in [4.69, 9.17) is 4.74 Å². The number of carbonyl (C=O) groups excluding carboxylic acids is 1. The second-order valence-electron chi connectivity index (χ2n) is 5.80. The van der Waals surface area contributed by atoms with Crippen LogP contribution < -0.4 is 0 Å². The molecule has 0 amide bonds. The third kappa shape index (κ3) is 1.44. The molecule has 0 aromatic heterocycles. The minimum absolute atomic E-state index is 0.149. The largest absolute Gasteiger partial charge is 0.469 e. The quantitative estimate of drug-likeness (QED) is 0.817. The van der Waals surface area contributed by atoms with Crippen molar-refractivity contribution in [3.05, 3.63) is 70.8 Å². The van der Waals surface area contributed by atoms with Crippen molar-refractivity contribution in [1.29, 1.82) is 0 Å². The molecule has 0 heterocycles. The summed E-state index contributed by atoms with van der Waals surface area (Å²) in [5.74, 6) is -0.737. The maximum atomic E-state index is 12.2. The molecule has 3 heteroatoms. The van der Waals surface area contributed by atoms with E-state index in [1.807, 2.05) is 36.4 Å². The average molecular weight is 280 g/mol. The molecule has 2 bridgehead atoms. The van der Waals surface area contributed by atoms with E-state index in [-0.39, 0.29) is 11.9 Å². The number of hydrogen-bond donors (Lipinski definition) is 1. The summed E-state index contributed by atoms with van der Waals surface area (Å²) in [5, 5.41) is 11.5. The fraction of sp³-hybridized carbons (Fsp3) is 0.278. The first kappa shape index (κ1) is 12.6. The number of benzene rings is 2. The summed E-state index contributed by atoms with van der Waals surface area (Å²) >= 11 is 0. The van der Waals surface area contributed by atoms with Crippen LogP contribution in [0, 0.1) is 5.92 Å². The Morgan fingerprint density at radius 3 is 2.14 bits per heavy atom. The highest BCUT2D eigenvalue weighted by Crippen LogP contribution is 2.57. The van der Waals surface area contributed by atoms with Gasteiger partial charge < -0.3 is 9.84 Å². The Hall–Kier alpha value is -2.13. The lowest BCUT2D eigenvalue weighted by atomic mass is 9.56. The van der Waals surface area contributed by atoms with Gasteiger partial charge in [-0.25, -0.2) is 0 Å². The van der Waals surface area contributed by atoms with Gasteiger partial charge in [0, 0.05) is 5.92 Å². The Bertz CT molecular complexity index is 687. The zero-order valence-corrected chi connectivity index (χ0v) is 11.7. The summed E-state index contributed by atoms with van der Waals surface area (Å²) in [6.45, 7) is 0. The molecule has 0 saturated carbocycles. The van der Waals surface area contributed by atoms with Crippen molar-refractivity contribution in [2.45, 2.75) is 17.9 Å². The van der Waals surface area contributed by atoms with Crippen molar-refractivity contribution < 1.29 is 14.6 Å². The summed E-state index contributed by atoms with van der Waals surface area (Å²) in [5.41, 5.74) is 2.65. The van der Waals surface area contributed by atoms with Gasteiger partial charge in [-0.2, -0.15) is 0 Å². The Balaban J connectivity index is 2.04. The molecular weight excluding hydrogens is 264 g/mol. The van der Waals surface area contributed by atoms with Gasteiger partial charge in [-0.1, -0.05) is 48.5 Å². The number of esters is 1. The molecule has 2 aromatic carbocycles. The van der Waals surface area contributed by atoms with Crippen LogP contribution in [0.1, 0.15) is 34.6 Å². The first-order chi connectivity index (χ1) is 10.2. The lowest BCUT2D eigenvalue weighted by molar-refractivity contribution is -0.156. The van der Waals surface area contributed by atoms with Crippen LogP contribution in [0.5, 0.6) is 0 Å². The van der Waals surface area contributed by atoms with E-state index in [0.29, 0.717) is 6.42 Å². The van der Waals surface area contributed by atoms with Gasteiger partial charge in [0.25, 0.3) is 0 Å². The first-order valence-electron chi connectivity index (χ1n) is 7.17. The summed E-state index contributed by atoms with van der Waals surface area (Å²) in [6.07, 6.45) is 0.594. The van der Waals surface area contributed by atoms with Crippen LogP contribution in [-0.4, -0.2) is 18.2 Å². The monoisotopic (exact) mass is 280 g/mol. The third-order valence-corrected chi connectivity index (χ3v) is 4.96. The van der Waals surface area contributed by atoms with E-state index >= 15 is 0 Å². The van der Waals surface area contributed by atoms with Gasteiger partial charge in [0.2, 0.25) is 0 Å². The van der Waals surface area contributed by atoms with Crippen LogP contribution >= 0.6 is 0 Å². The van der Waals surface area contributed by atoms with Crippen molar-refractivity contribution in [1.82, 2.24) is 0 Å². The number of methoxy groups -OCH3 is 1. The topological polar surface area (TPSA) is 46.5 Å². The van der Waals surface area contributed by atoms with Crippen LogP contribution in [0.25, 0.3) is 0 Å². The van der Waals surface area contributed by atoms with E-state index in [1.165, 1.54) is 7.11 Å². The minimum atomic E-state index is -1.28. The number of fused-ring (bicyclic) bond motifs is 1. The molecule has 3 nitrogen and oxygen atoms in total. The zero-order valence-electron chi connectivity index (χ0n) is 11.7. The molecule has 1 N–H and O–H groups in total. The molecule has 0 fully saturated rings. The van der Waals surface area contributed by atoms with Crippen molar-refractivity contribution in [3.63, 3.8) is 0 Å². The molecule has 5 rings (SSSR count). The molecule has 3 aliphatic carbocycles. The highest BCUT2D eigenvalue weighted by molar-refractivity contribution is 5.78. The van der Waals surface area contributed by atoms with Gasteiger partial charge in [0.1, 0.15) is 5.60 Å². The third-order valence-electron chi connectivity index (χ3n) is 4.96. The van der Waals surface area contributed by atoms with E-state index in [9.17, 15) is 9.90 Å². The van der Waals surface area contributed by atoms with Crippen LogP contribution in [0.15, 0.2) is 48.5 Å². The van der Waals surface area contributed by atoms with Crippen molar-refractivity contribution in [3.8, 4) is 0 Å². The van der Waals surface area contributed by atoms with Crippen LogP contribution in [0.3, 0.4) is 0 Å². The van der Waals surface area contributed by atoms with Crippen molar-refractivity contribution in [2.24, 2.45) is 5.92 Å². The predicted octanol–water partition coefficient (Wildman–Crippen LogP) is 2.56. The lowest BCUT2D eigenvalue weighted by Gasteiger charge is -2.49. The number of aliphatic hydroxyl groups is 1. The smallest absolute Gasteiger partial charge is 0.312 e. The second kappa shape index (κ2) is 4.18. The zero-order chi connectivity index (χ0) is 14.6. The predicted molar refractivity (Wildman–Crippen MR) is 77.8 cm³/mol. The van der Waals surface area contributed by atoms with Gasteiger partial charge in [-0.05, 0) is 28.7 Å². The Morgan fingerprint density at radius 2 is 1.62 bits per heavy atom. The molecule has 1 atom stereocenters. The van der Waals surface area contributed by atoms with Gasteiger partial charge in [0.05, 0.1) is 13.0 Å². The van der Waals surface area contributed by atoms with Crippen molar-refractivity contribution >= 4 is 5.97 Å². The van der Waals surface area contributed by atoms with Crippen LogP contribution in [0.2, 0.25) is 0 Å². The highest BCUT2D eigenvalue weighted by atomic mass is 16.5. The molecule has 0 spiro atoms. The summed E-state index contributed by atoms with van der Waals surface area (Å²) in [4.78, 5) is 12.2. The minimum Gasteiger partial charge on any atom is -0.469 e. The molecule has 3 aliphatic rings. The number of carbonyl (C=O) groups is 1.